The first-order valence-electron chi connectivity index (χ1n) is 11.4. The molecule has 5 rings (SSSR count). The van der Waals surface area contributed by atoms with E-state index in [9.17, 15) is 14.0 Å². The third-order valence-electron chi connectivity index (χ3n) is 6.21. The van der Waals surface area contributed by atoms with Gasteiger partial charge in [0.1, 0.15) is 11.1 Å². The van der Waals surface area contributed by atoms with Crippen LogP contribution in [0.25, 0.3) is 0 Å². The highest BCUT2D eigenvalue weighted by Gasteiger charge is 2.43. The molecule has 2 amide bonds. The summed E-state index contributed by atoms with van der Waals surface area (Å²) >= 11 is 4.44. The van der Waals surface area contributed by atoms with Crippen molar-refractivity contribution in [3.63, 3.8) is 0 Å². The van der Waals surface area contributed by atoms with Gasteiger partial charge < -0.3 is 0 Å². The lowest BCUT2D eigenvalue weighted by atomic mass is 9.98. The van der Waals surface area contributed by atoms with E-state index < -0.39 is 22.9 Å². The van der Waals surface area contributed by atoms with Crippen molar-refractivity contribution < 1.29 is 14.0 Å². The molecule has 9 heteroatoms. The van der Waals surface area contributed by atoms with Crippen molar-refractivity contribution in [3.05, 3.63) is 99.8 Å². The lowest BCUT2D eigenvalue weighted by Crippen LogP contribution is -2.33. The molecular formula is C27H22BrFN4O2S. The molecule has 0 aromatic heterocycles. The van der Waals surface area contributed by atoms with Gasteiger partial charge in [-0.25, -0.2) is 14.3 Å². The van der Waals surface area contributed by atoms with Crippen LogP contribution < -0.4 is 4.90 Å². The second-order valence-electron chi connectivity index (χ2n) is 8.66. The molecule has 182 valence electrons. The van der Waals surface area contributed by atoms with E-state index in [4.69, 9.17) is 10.5 Å². The number of benzene rings is 3. The Balaban J connectivity index is 1.41. The number of para-hydroxylation sites is 1. The normalized spacial score (nSPS) is 19.7. The SMILES string of the molecule is Cc1ccc(C2=NN(C(=N)S[C@H]3CC(=O)N(c4ccccc4F)C3=O)[C@@H](c3ccc(Br)cc3)C2)cc1. The fourth-order valence-electron chi connectivity index (χ4n) is 4.33. The Morgan fingerprint density at radius 3 is 2.42 bits per heavy atom. The number of hydrogen-bond donors (Lipinski definition) is 1. The molecule has 0 spiro atoms. The summed E-state index contributed by atoms with van der Waals surface area (Å²) in [6, 6.07) is 21.4. The molecule has 2 aliphatic rings. The number of amidine groups is 1. The van der Waals surface area contributed by atoms with Crippen LogP contribution in [-0.4, -0.2) is 33.0 Å². The number of nitrogens with zero attached hydrogens (tertiary/aromatic N) is 3. The highest BCUT2D eigenvalue weighted by atomic mass is 79.9. The lowest BCUT2D eigenvalue weighted by molar-refractivity contribution is -0.121. The molecule has 2 atom stereocenters. The number of hydrazone groups is 1. The molecule has 0 radical (unpaired) electrons. The molecule has 0 aliphatic carbocycles. The van der Waals surface area contributed by atoms with Gasteiger partial charge in [-0.05, 0) is 42.3 Å². The van der Waals surface area contributed by atoms with E-state index in [1.807, 2.05) is 55.5 Å². The molecule has 36 heavy (non-hydrogen) atoms. The summed E-state index contributed by atoms with van der Waals surface area (Å²) < 4.78 is 15.2. The van der Waals surface area contributed by atoms with Crippen molar-refractivity contribution in [2.45, 2.75) is 31.1 Å². The third kappa shape index (κ3) is 4.73. The molecule has 1 N–H and O–H groups in total. The standard InChI is InChI=1S/C27H22BrFN4O2S/c1-16-6-8-17(9-7-16)21-14-23(18-10-12-19(28)13-11-18)33(31-21)27(30)36-24-15-25(34)32(26(24)35)22-5-3-2-4-20(22)29/h2-13,23-24,30H,14-15H2,1H3/t23-,24+/m1/s1. The number of rotatable bonds is 4. The number of thioether (sulfide) groups is 1. The second-order valence-corrected chi connectivity index (χ2v) is 10.8. The molecule has 0 saturated carbocycles. The van der Waals surface area contributed by atoms with Crippen LogP contribution in [0.4, 0.5) is 10.1 Å². The Morgan fingerprint density at radius 1 is 1.03 bits per heavy atom. The maximum absolute atomic E-state index is 14.3. The van der Waals surface area contributed by atoms with Crippen LogP contribution in [0.2, 0.25) is 0 Å². The van der Waals surface area contributed by atoms with Crippen molar-refractivity contribution >= 4 is 56.1 Å². The average Bonchev–Trinajstić information content (AvgIpc) is 3.42. The van der Waals surface area contributed by atoms with Crippen molar-refractivity contribution in [3.8, 4) is 0 Å². The van der Waals surface area contributed by atoms with Crippen LogP contribution in [0.5, 0.6) is 0 Å². The minimum absolute atomic E-state index is 0.0595. The highest BCUT2D eigenvalue weighted by Crippen LogP contribution is 2.38. The van der Waals surface area contributed by atoms with Crippen LogP contribution in [-0.2, 0) is 9.59 Å². The molecular weight excluding hydrogens is 543 g/mol. The van der Waals surface area contributed by atoms with E-state index in [2.05, 4.69) is 15.9 Å². The average molecular weight is 565 g/mol. The molecule has 3 aromatic rings. The Labute approximate surface area is 220 Å². The molecule has 2 aliphatic heterocycles. The number of aryl methyl sites for hydroxylation is 1. The van der Waals surface area contributed by atoms with Gasteiger partial charge in [-0.1, -0.05) is 81.8 Å². The molecule has 3 aromatic carbocycles. The zero-order valence-electron chi connectivity index (χ0n) is 19.3. The van der Waals surface area contributed by atoms with E-state index in [0.717, 1.165) is 43.5 Å². The summed E-state index contributed by atoms with van der Waals surface area (Å²) in [6.07, 6.45) is 0.484. The molecule has 1 fully saturated rings. The number of carbonyl (C=O) groups is 2. The van der Waals surface area contributed by atoms with E-state index in [0.29, 0.717) is 6.42 Å². The minimum atomic E-state index is -0.825. The third-order valence-corrected chi connectivity index (χ3v) is 7.80. The zero-order valence-corrected chi connectivity index (χ0v) is 21.7. The van der Waals surface area contributed by atoms with E-state index in [-0.39, 0.29) is 23.3 Å². The largest absolute Gasteiger partial charge is 0.277 e. The van der Waals surface area contributed by atoms with Gasteiger partial charge in [0, 0.05) is 17.3 Å². The van der Waals surface area contributed by atoms with Gasteiger partial charge in [-0.15, -0.1) is 0 Å². The summed E-state index contributed by atoms with van der Waals surface area (Å²) in [5.74, 6) is -1.64. The van der Waals surface area contributed by atoms with Crippen LogP contribution in [0.3, 0.4) is 0 Å². The molecule has 0 bridgehead atoms. The predicted molar refractivity (Wildman–Crippen MR) is 144 cm³/mol. The first-order valence-corrected chi connectivity index (χ1v) is 13.0. The maximum Gasteiger partial charge on any atom is 0.247 e. The van der Waals surface area contributed by atoms with Gasteiger partial charge in [-0.2, -0.15) is 5.10 Å². The number of anilines is 1. The summed E-state index contributed by atoms with van der Waals surface area (Å²) in [4.78, 5) is 26.6. The number of amides is 2. The van der Waals surface area contributed by atoms with Gasteiger partial charge in [0.05, 0.1) is 17.4 Å². The van der Waals surface area contributed by atoms with Crippen molar-refractivity contribution in [2.24, 2.45) is 5.10 Å². The molecule has 2 heterocycles. The first-order chi connectivity index (χ1) is 17.3. The number of hydrogen-bond acceptors (Lipinski definition) is 5. The fraction of sp³-hybridized carbons (Fsp3) is 0.185. The number of imide groups is 1. The highest BCUT2D eigenvalue weighted by molar-refractivity contribution is 9.10. The lowest BCUT2D eigenvalue weighted by Gasteiger charge is -2.24. The molecule has 1 saturated heterocycles. The van der Waals surface area contributed by atoms with Crippen molar-refractivity contribution in [2.75, 3.05) is 4.90 Å². The Kier molecular flexibility index (Phi) is 6.77. The van der Waals surface area contributed by atoms with Crippen LogP contribution in [0.15, 0.2) is 82.4 Å². The number of halogens is 2. The quantitative estimate of drug-likeness (QED) is 0.238. The van der Waals surface area contributed by atoms with Gasteiger partial charge in [0.2, 0.25) is 11.8 Å². The monoisotopic (exact) mass is 564 g/mol. The predicted octanol–water partition coefficient (Wildman–Crippen LogP) is 6.05. The Morgan fingerprint density at radius 2 is 1.72 bits per heavy atom. The van der Waals surface area contributed by atoms with Gasteiger partial charge in [0.25, 0.3) is 0 Å². The van der Waals surface area contributed by atoms with E-state index >= 15 is 0 Å². The molecule has 0 unspecified atom stereocenters. The summed E-state index contributed by atoms with van der Waals surface area (Å²) in [7, 11) is 0. The van der Waals surface area contributed by atoms with Crippen LogP contribution in [0.1, 0.15) is 35.6 Å². The summed E-state index contributed by atoms with van der Waals surface area (Å²) in [5.41, 5.74) is 3.88. The Hall–Kier alpha value is -3.30. The van der Waals surface area contributed by atoms with Crippen molar-refractivity contribution in [1.82, 2.24) is 5.01 Å². The van der Waals surface area contributed by atoms with Crippen molar-refractivity contribution in [1.29, 1.82) is 5.41 Å². The first kappa shape index (κ1) is 24.4. The number of nitrogens with one attached hydrogen (secondary N) is 1. The topological polar surface area (TPSA) is 76.8 Å². The minimum Gasteiger partial charge on any atom is -0.277 e. The van der Waals surface area contributed by atoms with Gasteiger partial charge in [0.15, 0.2) is 5.17 Å². The Bertz CT molecular complexity index is 1380. The number of carbonyl (C=O) groups excluding carboxylic acids is 2. The summed E-state index contributed by atoms with van der Waals surface area (Å²) in [5, 5.41) is 14.5. The van der Waals surface area contributed by atoms with Crippen LogP contribution in [0, 0.1) is 18.2 Å². The fourth-order valence-corrected chi connectivity index (χ4v) is 5.58. The van der Waals surface area contributed by atoms with Gasteiger partial charge >= 0.3 is 0 Å². The zero-order chi connectivity index (χ0) is 25.4. The maximum atomic E-state index is 14.3. The molecule has 6 nitrogen and oxygen atoms in total. The van der Waals surface area contributed by atoms with Crippen LogP contribution >= 0.6 is 27.7 Å². The smallest absolute Gasteiger partial charge is 0.247 e. The van der Waals surface area contributed by atoms with E-state index in [1.54, 1.807) is 11.1 Å². The summed E-state index contributed by atoms with van der Waals surface area (Å²) in [6.45, 7) is 2.02. The van der Waals surface area contributed by atoms with Gasteiger partial charge in [-0.3, -0.25) is 15.0 Å². The van der Waals surface area contributed by atoms with E-state index in [1.165, 1.54) is 18.2 Å². The second kappa shape index (κ2) is 9.99.